The topological polar surface area (TPSA) is 72.2 Å². The molecule has 0 saturated carbocycles. The van der Waals surface area contributed by atoms with E-state index < -0.39 is 10.0 Å². The van der Waals surface area contributed by atoms with Crippen molar-refractivity contribution in [2.75, 3.05) is 10.5 Å². The van der Waals surface area contributed by atoms with E-state index in [9.17, 15) is 8.42 Å². The lowest BCUT2D eigenvalue weighted by molar-refractivity contribution is 0.601. The predicted molar refractivity (Wildman–Crippen MR) is 87.2 cm³/mol. The molecule has 0 atom stereocenters. The molecule has 0 aliphatic heterocycles. The molecule has 0 saturated heterocycles. The van der Waals surface area contributed by atoms with Gasteiger partial charge in [0.15, 0.2) is 0 Å². The van der Waals surface area contributed by atoms with E-state index in [1.807, 2.05) is 12.1 Å². The van der Waals surface area contributed by atoms with Gasteiger partial charge in [-0.1, -0.05) is 37.6 Å². The summed E-state index contributed by atoms with van der Waals surface area (Å²) >= 11 is 5.88. The second-order valence-electron chi connectivity index (χ2n) is 5.07. The summed E-state index contributed by atoms with van der Waals surface area (Å²) in [5, 5.41) is 0.311. The maximum absolute atomic E-state index is 12.3. The molecule has 2 aromatic rings. The largest absolute Gasteiger partial charge is 0.398 e. The van der Waals surface area contributed by atoms with Crippen LogP contribution in [0.3, 0.4) is 0 Å². The average Bonchev–Trinajstić information content (AvgIpc) is 2.43. The summed E-state index contributed by atoms with van der Waals surface area (Å²) in [6.45, 7) is 4.11. The highest BCUT2D eigenvalue weighted by Gasteiger charge is 2.15. The number of hydrogen-bond donors (Lipinski definition) is 2. The Bertz CT molecular complexity index is 741. The fourth-order valence-electron chi connectivity index (χ4n) is 1.84. The second kappa shape index (κ2) is 5.95. The van der Waals surface area contributed by atoms with Crippen molar-refractivity contribution in [2.45, 2.75) is 24.7 Å². The summed E-state index contributed by atoms with van der Waals surface area (Å²) in [4.78, 5) is 0.208. The number of nitrogens with two attached hydrogens (primary N) is 1. The van der Waals surface area contributed by atoms with Crippen LogP contribution in [0.4, 0.5) is 11.4 Å². The van der Waals surface area contributed by atoms with Gasteiger partial charge in [-0.05, 0) is 41.8 Å². The smallest absolute Gasteiger partial charge is 0.261 e. The Balaban J connectivity index is 2.27. The zero-order valence-corrected chi connectivity index (χ0v) is 13.4. The lowest BCUT2D eigenvalue weighted by atomic mass is 10.0. The Hall–Kier alpha value is -1.72. The molecule has 0 amide bonds. The van der Waals surface area contributed by atoms with Gasteiger partial charge in [-0.25, -0.2) is 8.42 Å². The molecule has 3 N–H and O–H groups in total. The molecule has 4 nitrogen and oxygen atoms in total. The molecule has 0 fully saturated rings. The molecule has 0 heterocycles. The van der Waals surface area contributed by atoms with Gasteiger partial charge < -0.3 is 5.73 Å². The van der Waals surface area contributed by atoms with Crippen molar-refractivity contribution >= 4 is 33.0 Å². The summed E-state index contributed by atoms with van der Waals surface area (Å²) in [6, 6.07) is 11.4. The van der Waals surface area contributed by atoms with Crippen LogP contribution < -0.4 is 10.5 Å². The fourth-order valence-corrected chi connectivity index (χ4v) is 3.07. The normalized spacial score (nSPS) is 11.6. The third-order valence-corrected chi connectivity index (χ3v) is 4.83. The van der Waals surface area contributed by atoms with Gasteiger partial charge in [0.1, 0.15) is 0 Å². The van der Waals surface area contributed by atoms with E-state index in [2.05, 4.69) is 18.6 Å². The lowest BCUT2D eigenvalue weighted by Gasteiger charge is -2.10. The fraction of sp³-hybridized carbons (Fsp3) is 0.200. The van der Waals surface area contributed by atoms with Crippen LogP contribution in [-0.2, 0) is 10.0 Å². The minimum absolute atomic E-state index is 0.208. The van der Waals surface area contributed by atoms with Gasteiger partial charge >= 0.3 is 0 Å². The van der Waals surface area contributed by atoms with Crippen molar-refractivity contribution in [1.82, 2.24) is 0 Å². The van der Waals surface area contributed by atoms with Gasteiger partial charge in [-0.2, -0.15) is 0 Å². The minimum Gasteiger partial charge on any atom is -0.398 e. The molecule has 2 rings (SSSR count). The van der Waals surface area contributed by atoms with Gasteiger partial charge in [0.05, 0.1) is 21.3 Å². The SMILES string of the molecule is CC(C)c1ccc(S(=O)(=O)Nc2ccc(N)c(Cl)c2)cc1. The third-order valence-electron chi connectivity index (χ3n) is 3.11. The van der Waals surface area contributed by atoms with Crippen LogP contribution in [0.2, 0.25) is 5.02 Å². The molecule has 0 bridgehead atoms. The summed E-state index contributed by atoms with van der Waals surface area (Å²) in [6.07, 6.45) is 0. The first-order valence-corrected chi connectivity index (χ1v) is 8.33. The number of rotatable bonds is 4. The highest BCUT2D eigenvalue weighted by Crippen LogP contribution is 2.25. The number of halogens is 1. The van der Waals surface area contributed by atoms with E-state index in [0.717, 1.165) is 5.56 Å². The molecule has 0 unspecified atom stereocenters. The van der Waals surface area contributed by atoms with E-state index >= 15 is 0 Å². The number of nitrogens with one attached hydrogen (secondary N) is 1. The average molecular weight is 325 g/mol. The van der Waals surface area contributed by atoms with Gasteiger partial charge in [0.25, 0.3) is 10.0 Å². The molecule has 0 spiro atoms. The van der Waals surface area contributed by atoms with Crippen molar-refractivity contribution in [3.05, 3.63) is 53.1 Å². The Labute approximate surface area is 130 Å². The Kier molecular flexibility index (Phi) is 4.44. The minimum atomic E-state index is -3.63. The van der Waals surface area contributed by atoms with E-state index in [1.165, 1.54) is 6.07 Å². The monoisotopic (exact) mass is 324 g/mol. The first kappa shape index (κ1) is 15.7. The van der Waals surface area contributed by atoms with Gasteiger partial charge in [0, 0.05) is 0 Å². The third kappa shape index (κ3) is 3.68. The molecule has 6 heteroatoms. The maximum atomic E-state index is 12.3. The molecule has 0 aliphatic rings. The summed E-state index contributed by atoms with van der Waals surface area (Å²) in [5.74, 6) is 0.352. The standard InChI is InChI=1S/C15H17ClN2O2S/c1-10(2)11-3-6-13(7-4-11)21(19,20)18-12-5-8-15(17)14(16)9-12/h3-10,18H,17H2,1-2H3. The molecular weight excluding hydrogens is 308 g/mol. The molecule has 2 aromatic carbocycles. The number of nitrogen functional groups attached to an aromatic ring is 1. The van der Waals surface area contributed by atoms with Crippen LogP contribution in [0.5, 0.6) is 0 Å². The molecular formula is C15H17ClN2O2S. The molecule has 0 aromatic heterocycles. The number of sulfonamides is 1. The first-order chi connectivity index (χ1) is 9.79. The molecule has 112 valence electrons. The zero-order valence-electron chi connectivity index (χ0n) is 11.8. The van der Waals surface area contributed by atoms with E-state index in [-0.39, 0.29) is 4.90 Å². The predicted octanol–water partition coefficient (Wildman–Crippen LogP) is 3.85. The van der Waals surface area contributed by atoms with E-state index in [0.29, 0.717) is 22.3 Å². The molecule has 0 aliphatic carbocycles. The Morgan fingerprint density at radius 1 is 1.10 bits per heavy atom. The van der Waals surface area contributed by atoms with Gasteiger partial charge in [0.2, 0.25) is 0 Å². The zero-order chi connectivity index (χ0) is 15.6. The highest BCUT2D eigenvalue weighted by atomic mass is 35.5. The number of hydrogen-bond acceptors (Lipinski definition) is 3. The molecule has 21 heavy (non-hydrogen) atoms. The first-order valence-electron chi connectivity index (χ1n) is 6.47. The Morgan fingerprint density at radius 3 is 2.24 bits per heavy atom. The summed E-state index contributed by atoms with van der Waals surface area (Å²) in [7, 11) is -3.63. The summed E-state index contributed by atoms with van der Waals surface area (Å²) in [5.41, 5.74) is 7.47. The van der Waals surface area contributed by atoms with Crippen molar-refractivity contribution < 1.29 is 8.42 Å². The van der Waals surface area contributed by atoms with Crippen molar-refractivity contribution in [1.29, 1.82) is 0 Å². The van der Waals surface area contributed by atoms with Crippen LogP contribution in [0, 0.1) is 0 Å². The van der Waals surface area contributed by atoms with Crippen LogP contribution in [-0.4, -0.2) is 8.42 Å². The quantitative estimate of drug-likeness (QED) is 0.839. The van der Waals surface area contributed by atoms with E-state index in [1.54, 1.807) is 24.3 Å². The van der Waals surface area contributed by atoms with Crippen molar-refractivity contribution in [3.8, 4) is 0 Å². The second-order valence-corrected chi connectivity index (χ2v) is 7.16. The Morgan fingerprint density at radius 2 is 1.71 bits per heavy atom. The maximum Gasteiger partial charge on any atom is 0.261 e. The van der Waals surface area contributed by atoms with Crippen molar-refractivity contribution in [2.24, 2.45) is 0 Å². The van der Waals surface area contributed by atoms with Crippen LogP contribution in [0.15, 0.2) is 47.4 Å². The van der Waals surface area contributed by atoms with Crippen LogP contribution in [0.1, 0.15) is 25.3 Å². The summed E-state index contributed by atoms with van der Waals surface area (Å²) < 4.78 is 27.1. The highest BCUT2D eigenvalue weighted by molar-refractivity contribution is 7.92. The van der Waals surface area contributed by atoms with Gasteiger partial charge in [-0.15, -0.1) is 0 Å². The number of benzene rings is 2. The molecule has 0 radical (unpaired) electrons. The van der Waals surface area contributed by atoms with E-state index in [4.69, 9.17) is 17.3 Å². The van der Waals surface area contributed by atoms with Crippen LogP contribution >= 0.6 is 11.6 Å². The number of anilines is 2. The lowest BCUT2D eigenvalue weighted by Crippen LogP contribution is -2.13. The van der Waals surface area contributed by atoms with Crippen molar-refractivity contribution in [3.63, 3.8) is 0 Å². The van der Waals surface area contributed by atoms with Gasteiger partial charge in [-0.3, -0.25) is 4.72 Å². The van der Waals surface area contributed by atoms with Crippen LogP contribution in [0.25, 0.3) is 0 Å².